The highest BCUT2D eigenvalue weighted by Gasteiger charge is 2.25. The highest BCUT2D eigenvalue weighted by atomic mass is 16.6. The van der Waals surface area contributed by atoms with Gasteiger partial charge in [0.25, 0.3) is 5.69 Å². The number of hydrogen-bond acceptors (Lipinski definition) is 3. The van der Waals surface area contributed by atoms with Gasteiger partial charge in [-0.1, -0.05) is 0 Å². The zero-order valence-corrected chi connectivity index (χ0v) is 8.62. The van der Waals surface area contributed by atoms with E-state index in [-0.39, 0.29) is 5.69 Å². The minimum atomic E-state index is -0.440. The molecule has 0 bridgehead atoms. The molecule has 0 aliphatic rings. The second-order valence-electron chi connectivity index (χ2n) is 3.32. The average Bonchev–Trinajstić information content (AvgIpc) is 2.11. The maximum absolute atomic E-state index is 11.5. The van der Waals surface area contributed by atoms with Gasteiger partial charge in [-0.2, -0.15) is 4.73 Å². The van der Waals surface area contributed by atoms with E-state index in [9.17, 15) is 15.3 Å². The fourth-order valence-electron chi connectivity index (χ4n) is 1.45. The van der Waals surface area contributed by atoms with Crippen LogP contribution in [0.4, 0.5) is 5.69 Å². The molecule has 0 amide bonds. The summed E-state index contributed by atoms with van der Waals surface area (Å²) in [7, 11) is 0. The Bertz CT molecular complexity index is 384. The van der Waals surface area contributed by atoms with E-state index in [1.54, 1.807) is 27.7 Å². The molecule has 0 N–H and O–H groups in total. The van der Waals surface area contributed by atoms with E-state index < -0.39 is 4.92 Å². The molecule has 5 nitrogen and oxygen atoms in total. The summed E-state index contributed by atoms with van der Waals surface area (Å²) >= 11 is 0. The summed E-state index contributed by atoms with van der Waals surface area (Å²) in [5.74, 6) is 0. The van der Waals surface area contributed by atoms with E-state index >= 15 is 0 Å². The molecule has 0 saturated carbocycles. The Hall–Kier alpha value is -1.65. The van der Waals surface area contributed by atoms with Crippen molar-refractivity contribution in [1.29, 1.82) is 0 Å². The molecule has 0 unspecified atom stereocenters. The Morgan fingerprint density at radius 2 is 1.43 bits per heavy atom. The lowest BCUT2D eigenvalue weighted by Crippen LogP contribution is -2.36. The van der Waals surface area contributed by atoms with Crippen LogP contribution in [0.2, 0.25) is 0 Å². The number of pyridine rings is 1. The van der Waals surface area contributed by atoms with Crippen LogP contribution in [0.3, 0.4) is 0 Å². The van der Waals surface area contributed by atoms with Gasteiger partial charge in [-0.3, -0.25) is 10.1 Å². The Labute approximate surface area is 81.7 Å². The minimum absolute atomic E-state index is 0.0482. The van der Waals surface area contributed by atoms with E-state index in [1.807, 2.05) is 0 Å². The fraction of sp³-hybridized carbons (Fsp3) is 0.444. The third-order valence-corrected chi connectivity index (χ3v) is 2.59. The zero-order chi connectivity index (χ0) is 11.0. The van der Waals surface area contributed by atoms with Crippen molar-refractivity contribution in [1.82, 2.24) is 0 Å². The van der Waals surface area contributed by atoms with E-state index in [0.717, 1.165) is 4.73 Å². The average molecular weight is 196 g/mol. The molecule has 0 radical (unpaired) electrons. The molecule has 14 heavy (non-hydrogen) atoms. The molecule has 1 aromatic heterocycles. The van der Waals surface area contributed by atoms with Gasteiger partial charge in [0.2, 0.25) is 0 Å². The third kappa shape index (κ3) is 1.30. The molecule has 0 atom stereocenters. The number of nitrogens with zero attached hydrogens (tertiary/aromatic N) is 2. The van der Waals surface area contributed by atoms with Crippen LogP contribution in [0.5, 0.6) is 0 Å². The van der Waals surface area contributed by atoms with Crippen LogP contribution >= 0.6 is 0 Å². The van der Waals surface area contributed by atoms with Gasteiger partial charge < -0.3 is 5.21 Å². The maximum atomic E-state index is 11.5. The first-order valence-electron chi connectivity index (χ1n) is 4.22. The van der Waals surface area contributed by atoms with Crippen LogP contribution in [0, 0.1) is 43.0 Å². The molecule has 1 rings (SSSR count). The maximum Gasteiger partial charge on any atom is 0.287 e. The largest absolute Gasteiger partial charge is 0.618 e. The first kappa shape index (κ1) is 10.4. The van der Waals surface area contributed by atoms with Crippen molar-refractivity contribution >= 4 is 5.69 Å². The van der Waals surface area contributed by atoms with Gasteiger partial charge in [0.15, 0.2) is 11.4 Å². The first-order valence-corrected chi connectivity index (χ1v) is 4.22. The highest BCUT2D eigenvalue weighted by molar-refractivity contribution is 5.47. The van der Waals surface area contributed by atoms with E-state index in [4.69, 9.17) is 0 Å². The number of aromatic nitrogens is 1. The molecule has 0 aliphatic carbocycles. The van der Waals surface area contributed by atoms with E-state index in [1.165, 1.54) is 0 Å². The van der Waals surface area contributed by atoms with Crippen molar-refractivity contribution in [2.45, 2.75) is 27.7 Å². The summed E-state index contributed by atoms with van der Waals surface area (Å²) < 4.78 is 0.734. The summed E-state index contributed by atoms with van der Waals surface area (Å²) in [4.78, 5) is 10.3. The topological polar surface area (TPSA) is 70.1 Å². The molecule has 5 heteroatoms. The summed E-state index contributed by atoms with van der Waals surface area (Å²) in [5.41, 5.74) is 1.70. The van der Waals surface area contributed by atoms with Crippen LogP contribution < -0.4 is 4.73 Å². The monoisotopic (exact) mass is 196 g/mol. The molecule has 0 saturated heterocycles. The van der Waals surface area contributed by atoms with Crippen molar-refractivity contribution in [3.8, 4) is 0 Å². The van der Waals surface area contributed by atoms with Crippen molar-refractivity contribution < 1.29 is 9.65 Å². The molecule has 76 valence electrons. The SMILES string of the molecule is Cc1c([N+](=O)[O-])c(C)c(C)[n+]([O-])c1C. The normalized spacial score (nSPS) is 10.3. The summed E-state index contributed by atoms with van der Waals surface area (Å²) in [5, 5.41) is 22.2. The predicted molar refractivity (Wildman–Crippen MR) is 51.0 cm³/mol. The van der Waals surface area contributed by atoms with Crippen LogP contribution in [-0.4, -0.2) is 4.92 Å². The van der Waals surface area contributed by atoms with Gasteiger partial charge >= 0.3 is 0 Å². The van der Waals surface area contributed by atoms with E-state index in [0.29, 0.717) is 22.5 Å². The van der Waals surface area contributed by atoms with Gasteiger partial charge in [-0.05, 0) is 13.8 Å². The molecule has 0 aliphatic heterocycles. The Kier molecular flexibility index (Phi) is 2.42. The van der Waals surface area contributed by atoms with Crippen molar-refractivity contribution in [2.24, 2.45) is 0 Å². The highest BCUT2D eigenvalue weighted by Crippen LogP contribution is 2.24. The number of hydrogen-bond donors (Lipinski definition) is 0. The van der Waals surface area contributed by atoms with Crippen molar-refractivity contribution in [3.05, 3.63) is 37.8 Å². The predicted octanol–water partition coefficient (Wildman–Crippen LogP) is 1.46. The van der Waals surface area contributed by atoms with Gasteiger partial charge in [0, 0.05) is 13.8 Å². The van der Waals surface area contributed by atoms with Gasteiger partial charge in [0.05, 0.1) is 16.1 Å². The first-order chi connectivity index (χ1) is 6.37. The Balaban J connectivity index is 3.68. The summed E-state index contributed by atoms with van der Waals surface area (Å²) in [6, 6.07) is 0. The van der Waals surface area contributed by atoms with Crippen molar-refractivity contribution in [3.63, 3.8) is 0 Å². The third-order valence-electron chi connectivity index (χ3n) is 2.59. The molecule has 0 spiro atoms. The fourth-order valence-corrected chi connectivity index (χ4v) is 1.45. The second kappa shape index (κ2) is 3.25. The van der Waals surface area contributed by atoms with Gasteiger partial charge in [-0.15, -0.1) is 0 Å². The number of rotatable bonds is 1. The molecule has 1 heterocycles. The lowest BCUT2D eigenvalue weighted by atomic mass is 10.1. The smallest absolute Gasteiger partial charge is 0.287 e. The standard InChI is InChI=1S/C9H12N2O3/c1-5-7(3)10(12)8(4)6(2)9(5)11(13)14/h1-4H3. The van der Waals surface area contributed by atoms with Crippen LogP contribution in [-0.2, 0) is 0 Å². The second-order valence-corrected chi connectivity index (χ2v) is 3.32. The Morgan fingerprint density at radius 3 is 1.71 bits per heavy atom. The molecule has 0 fully saturated rings. The van der Waals surface area contributed by atoms with Crippen LogP contribution in [0.1, 0.15) is 22.5 Å². The van der Waals surface area contributed by atoms with E-state index in [2.05, 4.69) is 0 Å². The minimum Gasteiger partial charge on any atom is -0.618 e. The lowest BCUT2D eigenvalue weighted by molar-refractivity contribution is -0.620. The molecular weight excluding hydrogens is 184 g/mol. The molecule has 0 aromatic carbocycles. The van der Waals surface area contributed by atoms with Crippen molar-refractivity contribution in [2.75, 3.05) is 0 Å². The molecule has 1 aromatic rings. The molecular formula is C9H12N2O3. The lowest BCUT2D eigenvalue weighted by Gasteiger charge is -2.09. The van der Waals surface area contributed by atoms with Gasteiger partial charge in [-0.25, -0.2) is 0 Å². The zero-order valence-electron chi connectivity index (χ0n) is 8.62. The van der Waals surface area contributed by atoms with Crippen LogP contribution in [0.15, 0.2) is 0 Å². The quantitative estimate of drug-likeness (QED) is 0.295. The number of nitro groups is 1. The Morgan fingerprint density at radius 1 is 1.07 bits per heavy atom. The van der Waals surface area contributed by atoms with Crippen LogP contribution in [0.25, 0.3) is 0 Å². The van der Waals surface area contributed by atoms with Gasteiger partial charge in [0.1, 0.15) is 0 Å². The summed E-state index contributed by atoms with van der Waals surface area (Å²) in [6.45, 7) is 6.35. The summed E-state index contributed by atoms with van der Waals surface area (Å²) in [6.07, 6.45) is 0.